The van der Waals surface area contributed by atoms with Crippen molar-refractivity contribution in [3.63, 3.8) is 0 Å². The van der Waals surface area contributed by atoms with Gasteiger partial charge in [-0.15, -0.1) is 0 Å². The number of nitrogens with one attached hydrogen (secondary N) is 1. The van der Waals surface area contributed by atoms with Crippen LogP contribution in [0.15, 0.2) is 0 Å². The molecule has 1 saturated carbocycles. The van der Waals surface area contributed by atoms with Gasteiger partial charge in [-0.2, -0.15) is 0 Å². The second-order valence-electron chi connectivity index (χ2n) is 7.85. The van der Waals surface area contributed by atoms with Crippen LogP contribution in [0.25, 0.3) is 0 Å². The fraction of sp³-hybridized carbons (Fsp3) is 0.941. The molecule has 122 valence electrons. The summed E-state index contributed by atoms with van der Waals surface area (Å²) in [5.74, 6) is -0.121. The van der Waals surface area contributed by atoms with Crippen LogP contribution >= 0.6 is 0 Å². The number of hydrogen-bond donors (Lipinski definition) is 1. The minimum Gasteiger partial charge on any atom is -0.468 e. The lowest BCUT2D eigenvalue weighted by molar-refractivity contribution is -0.148. The Morgan fingerprint density at radius 1 is 1.33 bits per heavy atom. The molecule has 0 aromatic heterocycles. The maximum Gasteiger partial charge on any atom is 0.325 e. The Labute approximate surface area is 129 Å². The van der Waals surface area contributed by atoms with E-state index in [-0.39, 0.29) is 5.97 Å². The van der Waals surface area contributed by atoms with Gasteiger partial charge in [0.15, 0.2) is 0 Å². The topological polar surface area (TPSA) is 41.6 Å². The zero-order valence-corrected chi connectivity index (χ0v) is 14.2. The average Bonchev–Trinajstić information content (AvgIpc) is 3.24. The molecular formula is C17H32N2O2. The van der Waals surface area contributed by atoms with Crippen LogP contribution in [0, 0.1) is 5.41 Å². The van der Waals surface area contributed by atoms with Crippen LogP contribution in [0.1, 0.15) is 59.3 Å². The first-order valence-electron chi connectivity index (χ1n) is 8.43. The molecule has 1 saturated heterocycles. The van der Waals surface area contributed by atoms with E-state index in [1.807, 2.05) is 6.92 Å². The number of hydrogen-bond acceptors (Lipinski definition) is 4. The molecule has 2 rings (SSSR count). The maximum atomic E-state index is 12.1. The van der Waals surface area contributed by atoms with Crippen LogP contribution in [0.3, 0.4) is 0 Å². The predicted molar refractivity (Wildman–Crippen MR) is 85.3 cm³/mol. The summed E-state index contributed by atoms with van der Waals surface area (Å²) in [4.78, 5) is 14.7. The molecule has 0 bridgehead atoms. The third-order valence-electron chi connectivity index (χ3n) is 5.10. The number of carbonyl (C=O) groups is 1. The van der Waals surface area contributed by atoms with Crippen molar-refractivity contribution in [3.05, 3.63) is 0 Å². The van der Waals surface area contributed by atoms with Crippen molar-refractivity contribution >= 4 is 5.97 Å². The Balaban J connectivity index is 1.87. The first-order chi connectivity index (χ1) is 9.85. The molecule has 1 atom stereocenters. The molecule has 4 heteroatoms. The summed E-state index contributed by atoms with van der Waals surface area (Å²) in [7, 11) is 1.49. The molecule has 0 aromatic rings. The van der Waals surface area contributed by atoms with Crippen LogP contribution in [0.4, 0.5) is 0 Å². The molecule has 1 aliphatic heterocycles. The Morgan fingerprint density at radius 3 is 2.67 bits per heavy atom. The number of rotatable bonds is 6. The van der Waals surface area contributed by atoms with Crippen molar-refractivity contribution in [1.29, 1.82) is 0 Å². The number of methoxy groups -OCH3 is 1. The lowest BCUT2D eigenvalue weighted by Crippen LogP contribution is -2.53. The van der Waals surface area contributed by atoms with E-state index >= 15 is 0 Å². The molecule has 0 aromatic carbocycles. The van der Waals surface area contributed by atoms with Crippen LogP contribution < -0.4 is 5.32 Å². The Hall–Kier alpha value is -0.610. The first kappa shape index (κ1) is 16.8. The van der Waals surface area contributed by atoms with E-state index in [1.165, 1.54) is 39.2 Å². The van der Waals surface area contributed by atoms with E-state index in [4.69, 9.17) is 4.74 Å². The molecular weight excluding hydrogens is 264 g/mol. The minimum absolute atomic E-state index is 0.121. The highest BCUT2D eigenvalue weighted by Crippen LogP contribution is 2.30. The molecule has 0 radical (unpaired) electrons. The van der Waals surface area contributed by atoms with Crippen LogP contribution in [-0.4, -0.2) is 49.2 Å². The standard InChI is InChI=1S/C17H32N2O2/c1-16(2)8-5-11-19(12-9-16)13-10-17(3,15(20)21-4)18-14-6-7-14/h14,18H,5-13H2,1-4H3. The molecule has 0 amide bonds. The van der Waals surface area contributed by atoms with E-state index in [0.29, 0.717) is 11.5 Å². The van der Waals surface area contributed by atoms with Crippen molar-refractivity contribution in [2.24, 2.45) is 5.41 Å². The number of nitrogens with zero attached hydrogens (tertiary/aromatic N) is 1. The fourth-order valence-corrected chi connectivity index (χ4v) is 3.22. The van der Waals surface area contributed by atoms with Crippen molar-refractivity contribution in [2.45, 2.75) is 70.9 Å². The van der Waals surface area contributed by atoms with Gasteiger partial charge in [-0.1, -0.05) is 13.8 Å². The average molecular weight is 296 g/mol. The maximum absolute atomic E-state index is 12.1. The zero-order chi connectivity index (χ0) is 15.5. The van der Waals surface area contributed by atoms with Gasteiger partial charge in [-0.05, 0) is 64.0 Å². The van der Waals surface area contributed by atoms with Gasteiger partial charge in [0.1, 0.15) is 5.54 Å². The summed E-state index contributed by atoms with van der Waals surface area (Å²) < 4.78 is 5.02. The van der Waals surface area contributed by atoms with Crippen molar-refractivity contribution < 1.29 is 9.53 Å². The van der Waals surface area contributed by atoms with Crippen LogP contribution in [0.2, 0.25) is 0 Å². The second kappa shape index (κ2) is 6.66. The van der Waals surface area contributed by atoms with E-state index in [0.717, 1.165) is 26.1 Å². The SMILES string of the molecule is COC(=O)C(C)(CCN1CCCC(C)(C)CC1)NC1CC1. The summed E-state index contributed by atoms with van der Waals surface area (Å²) in [6, 6.07) is 0.511. The van der Waals surface area contributed by atoms with E-state index < -0.39 is 5.54 Å². The van der Waals surface area contributed by atoms with Crippen molar-refractivity contribution in [3.8, 4) is 0 Å². The minimum atomic E-state index is -0.530. The summed E-state index contributed by atoms with van der Waals surface area (Å²) >= 11 is 0. The lowest BCUT2D eigenvalue weighted by atomic mass is 9.85. The Bertz CT molecular complexity index is 366. The summed E-state index contributed by atoms with van der Waals surface area (Å²) in [6.45, 7) is 10.0. The van der Waals surface area contributed by atoms with Crippen molar-refractivity contribution in [1.82, 2.24) is 10.2 Å². The summed E-state index contributed by atoms with van der Waals surface area (Å²) in [5, 5.41) is 3.49. The van der Waals surface area contributed by atoms with Crippen LogP contribution in [0.5, 0.6) is 0 Å². The molecule has 2 aliphatic rings. The summed E-state index contributed by atoms with van der Waals surface area (Å²) in [6.07, 6.45) is 7.01. The molecule has 1 aliphatic carbocycles. The van der Waals surface area contributed by atoms with Gasteiger partial charge in [0.05, 0.1) is 7.11 Å². The zero-order valence-electron chi connectivity index (χ0n) is 14.2. The molecule has 4 nitrogen and oxygen atoms in total. The number of carbonyl (C=O) groups excluding carboxylic acids is 1. The van der Waals surface area contributed by atoms with Gasteiger partial charge in [-0.3, -0.25) is 10.1 Å². The third-order valence-corrected chi connectivity index (χ3v) is 5.10. The molecule has 21 heavy (non-hydrogen) atoms. The highest BCUT2D eigenvalue weighted by atomic mass is 16.5. The lowest BCUT2D eigenvalue weighted by Gasteiger charge is -2.31. The largest absolute Gasteiger partial charge is 0.468 e. The van der Waals surface area contributed by atoms with Gasteiger partial charge in [0.25, 0.3) is 0 Å². The number of esters is 1. The normalized spacial score (nSPS) is 25.9. The Morgan fingerprint density at radius 2 is 2.05 bits per heavy atom. The van der Waals surface area contributed by atoms with Crippen LogP contribution in [-0.2, 0) is 9.53 Å². The van der Waals surface area contributed by atoms with Gasteiger partial charge in [0.2, 0.25) is 0 Å². The van der Waals surface area contributed by atoms with E-state index in [1.54, 1.807) is 0 Å². The fourth-order valence-electron chi connectivity index (χ4n) is 3.22. The predicted octanol–water partition coefficient (Wildman–Crippen LogP) is 2.57. The van der Waals surface area contributed by atoms with Gasteiger partial charge in [0, 0.05) is 12.6 Å². The monoisotopic (exact) mass is 296 g/mol. The highest BCUT2D eigenvalue weighted by Gasteiger charge is 2.39. The van der Waals surface area contributed by atoms with Gasteiger partial charge in [-0.25, -0.2) is 0 Å². The van der Waals surface area contributed by atoms with Crippen molar-refractivity contribution in [2.75, 3.05) is 26.7 Å². The molecule has 2 fully saturated rings. The smallest absolute Gasteiger partial charge is 0.325 e. The molecule has 1 N–H and O–H groups in total. The second-order valence-corrected chi connectivity index (χ2v) is 7.85. The first-order valence-corrected chi connectivity index (χ1v) is 8.43. The molecule has 1 heterocycles. The van der Waals surface area contributed by atoms with E-state index in [9.17, 15) is 4.79 Å². The van der Waals surface area contributed by atoms with Gasteiger partial charge >= 0.3 is 5.97 Å². The van der Waals surface area contributed by atoms with Gasteiger partial charge < -0.3 is 9.64 Å². The molecule has 0 spiro atoms. The third kappa shape index (κ3) is 4.96. The Kier molecular flexibility index (Phi) is 5.31. The summed E-state index contributed by atoms with van der Waals surface area (Å²) in [5.41, 5.74) is -0.0651. The highest BCUT2D eigenvalue weighted by molar-refractivity contribution is 5.80. The molecule has 1 unspecified atom stereocenters. The number of likely N-dealkylation sites (tertiary alicyclic amines) is 1. The number of ether oxygens (including phenoxy) is 1. The quantitative estimate of drug-likeness (QED) is 0.765. The van der Waals surface area contributed by atoms with E-state index in [2.05, 4.69) is 24.1 Å².